The molecule has 3 heterocycles. The molecule has 1 atom stereocenters. The summed E-state index contributed by atoms with van der Waals surface area (Å²) in [5, 5.41) is 2.21. The summed E-state index contributed by atoms with van der Waals surface area (Å²) in [6.45, 7) is 13.6. The van der Waals surface area contributed by atoms with Gasteiger partial charge in [-0.2, -0.15) is 0 Å². The van der Waals surface area contributed by atoms with Crippen LogP contribution < -0.4 is 4.90 Å². The van der Waals surface area contributed by atoms with Crippen LogP contribution in [0.1, 0.15) is 53.3 Å². The van der Waals surface area contributed by atoms with Crippen LogP contribution in [0.5, 0.6) is 0 Å². The molecular weight excluding hydrogens is 474 g/mol. The molecular formula is C25H30ClN3O4S. The van der Waals surface area contributed by atoms with Crippen molar-refractivity contribution in [2.24, 2.45) is 0 Å². The molecule has 0 saturated carbocycles. The average Bonchev–Trinajstić information content (AvgIpc) is 2.98. The number of benzene rings is 1. The molecule has 34 heavy (non-hydrogen) atoms. The first-order chi connectivity index (χ1) is 15.7. The van der Waals surface area contributed by atoms with Crippen LogP contribution in [0.4, 0.5) is 15.3 Å². The van der Waals surface area contributed by atoms with Crippen molar-refractivity contribution in [3.8, 4) is 0 Å². The summed E-state index contributed by atoms with van der Waals surface area (Å²) in [7, 11) is 0. The van der Waals surface area contributed by atoms with Crippen molar-refractivity contribution >= 4 is 61.8 Å². The second-order valence-electron chi connectivity index (χ2n) is 10.6. The maximum Gasteiger partial charge on any atom is 0.414 e. The molecule has 0 fully saturated rings. The lowest BCUT2D eigenvalue weighted by atomic mass is 10.1. The Kier molecular flexibility index (Phi) is 6.19. The fourth-order valence-electron chi connectivity index (χ4n) is 4.01. The molecule has 2 aromatic heterocycles. The lowest BCUT2D eigenvalue weighted by molar-refractivity contribution is 0.0163. The van der Waals surface area contributed by atoms with E-state index in [0.29, 0.717) is 11.7 Å². The van der Waals surface area contributed by atoms with Gasteiger partial charge in [0.15, 0.2) is 0 Å². The van der Waals surface area contributed by atoms with Crippen LogP contribution in [0, 0.1) is 0 Å². The molecule has 0 radical (unpaired) electrons. The van der Waals surface area contributed by atoms with E-state index in [1.807, 2.05) is 66.7 Å². The van der Waals surface area contributed by atoms with Crippen LogP contribution in [0.15, 0.2) is 24.3 Å². The first-order valence-corrected chi connectivity index (χ1v) is 12.4. The third-order valence-corrected chi connectivity index (χ3v) is 6.68. The van der Waals surface area contributed by atoms with Gasteiger partial charge >= 0.3 is 12.2 Å². The summed E-state index contributed by atoms with van der Waals surface area (Å²) in [5.41, 5.74) is 0.200. The highest BCUT2D eigenvalue weighted by atomic mass is 35.5. The number of anilines is 1. The Morgan fingerprint density at radius 3 is 2.32 bits per heavy atom. The fraction of sp³-hybridized carbons (Fsp3) is 0.480. The number of thiophene rings is 1. The van der Waals surface area contributed by atoms with E-state index in [0.717, 1.165) is 31.6 Å². The molecule has 1 aliphatic heterocycles. The Balaban J connectivity index is 1.91. The van der Waals surface area contributed by atoms with Crippen LogP contribution in [-0.4, -0.2) is 45.9 Å². The summed E-state index contributed by atoms with van der Waals surface area (Å²) in [6.07, 6.45) is -0.863. The van der Waals surface area contributed by atoms with Crippen molar-refractivity contribution in [3.05, 3.63) is 34.3 Å². The molecule has 4 rings (SSSR count). The topological polar surface area (TPSA) is 72.0 Å². The van der Waals surface area contributed by atoms with Gasteiger partial charge in [0, 0.05) is 26.9 Å². The summed E-state index contributed by atoms with van der Waals surface area (Å²) in [6, 6.07) is 7.28. The maximum absolute atomic E-state index is 13.4. The lowest BCUT2D eigenvalue weighted by Gasteiger charge is -2.32. The van der Waals surface area contributed by atoms with E-state index in [1.54, 1.807) is 27.2 Å². The molecule has 3 aromatic rings. The molecule has 0 spiro atoms. The van der Waals surface area contributed by atoms with E-state index in [4.69, 9.17) is 21.1 Å². The van der Waals surface area contributed by atoms with E-state index in [-0.39, 0.29) is 12.6 Å². The van der Waals surface area contributed by atoms with Crippen LogP contribution in [0.25, 0.3) is 21.0 Å². The van der Waals surface area contributed by atoms with Crippen LogP contribution in [0.2, 0.25) is 5.15 Å². The highest BCUT2D eigenvalue weighted by Crippen LogP contribution is 2.45. The number of ether oxygens (including phenoxy) is 2. The molecule has 0 N–H and O–H groups in total. The Labute approximate surface area is 208 Å². The number of carbonyl (C=O) groups excluding carboxylic acids is 2. The largest absolute Gasteiger partial charge is 0.444 e. The number of amides is 2. The lowest BCUT2D eigenvalue weighted by Crippen LogP contribution is -2.47. The van der Waals surface area contributed by atoms with Gasteiger partial charge in [-0.3, -0.25) is 9.80 Å². The molecule has 182 valence electrons. The summed E-state index contributed by atoms with van der Waals surface area (Å²) < 4.78 is 12.5. The van der Waals surface area contributed by atoms with Gasteiger partial charge in [0.1, 0.15) is 16.4 Å². The van der Waals surface area contributed by atoms with Gasteiger partial charge in [0.05, 0.1) is 23.8 Å². The SMILES string of the molecule is C[C@@H]1CN(C(=O)OC(C)(C)C)c2c(sc3ccc4nc(Cl)ccc4c23)CN1C(=O)OC(C)(C)C. The Bertz CT molecular complexity index is 1280. The van der Waals surface area contributed by atoms with E-state index in [9.17, 15) is 9.59 Å². The smallest absolute Gasteiger partial charge is 0.414 e. The van der Waals surface area contributed by atoms with Gasteiger partial charge in [-0.15, -0.1) is 11.3 Å². The number of aromatic nitrogens is 1. The quantitative estimate of drug-likeness (QED) is 0.309. The Hall–Kier alpha value is -2.58. The first-order valence-electron chi connectivity index (χ1n) is 11.2. The van der Waals surface area contributed by atoms with Crippen LogP contribution in [-0.2, 0) is 16.0 Å². The first kappa shape index (κ1) is 24.5. The van der Waals surface area contributed by atoms with Crippen LogP contribution >= 0.6 is 22.9 Å². The van der Waals surface area contributed by atoms with Gasteiger partial charge in [0.25, 0.3) is 0 Å². The number of hydrogen-bond donors (Lipinski definition) is 0. The van der Waals surface area contributed by atoms with Crippen molar-refractivity contribution in [3.63, 3.8) is 0 Å². The average molecular weight is 504 g/mol. The zero-order valence-electron chi connectivity index (χ0n) is 20.6. The number of carbonyl (C=O) groups is 2. The minimum atomic E-state index is -0.666. The molecule has 0 unspecified atom stereocenters. The molecule has 1 aliphatic rings. The Morgan fingerprint density at radius 1 is 1.03 bits per heavy atom. The Morgan fingerprint density at radius 2 is 1.68 bits per heavy atom. The minimum Gasteiger partial charge on any atom is -0.444 e. The van der Waals surface area contributed by atoms with E-state index >= 15 is 0 Å². The van der Waals surface area contributed by atoms with E-state index in [1.165, 1.54) is 0 Å². The van der Waals surface area contributed by atoms with Crippen molar-refractivity contribution in [2.45, 2.75) is 72.3 Å². The number of pyridine rings is 1. The van der Waals surface area contributed by atoms with Crippen molar-refractivity contribution in [1.82, 2.24) is 9.88 Å². The van der Waals surface area contributed by atoms with Gasteiger partial charge < -0.3 is 9.47 Å². The standard InChI is InChI=1S/C25H30ClN3O4S/c1-14-12-29(23(31)33-25(5,6)7)21-18(13-28(14)22(30)32-24(2,3)4)34-17-10-9-16-15(20(17)21)8-11-19(26)27-16/h8-11,14H,12-13H2,1-7H3/t14-/m1/s1. The van der Waals surface area contributed by atoms with E-state index < -0.39 is 23.4 Å². The normalized spacial score (nSPS) is 17.0. The highest BCUT2D eigenvalue weighted by Gasteiger charge is 2.37. The molecule has 1 aromatic carbocycles. The van der Waals surface area contributed by atoms with Gasteiger partial charge in [0.2, 0.25) is 0 Å². The van der Waals surface area contributed by atoms with Gasteiger partial charge in [-0.05, 0) is 72.7 Å². The van der Waals surface area contributed by atoms with Gasteiger partial charge in [-0.25, -0.2) is 14.6 Å². The molecule has 7 nitrogen and oxygen atoms in total. The summed E-state index contributed by atoms with van der Waals surface area (Å²) >= 11 is 7.69. The van der Waals surface area contributed by atoms with Crippen molar-refractivity contribution in [2.75, 3.05) is 11.4 Å². The third-order valence-electron chi connectivity index (χ3n) is 5.34. The molecule has 0 aliphatic carbocycles. The second-order valence-corrected chi connectivity index (χ2v) is 12.1. The number of nitrogens with zero attached hydrogens (tertiary/aromatic N) is 3. The number of halogens is 1. The molecule has 9 heteroatoms. The van der Waals surface area contributed by atoms with Crippen LogP contribution in [0.3, 0.4) is 0 Å². The number of hydrogen-bond acceptors (Lipinski definition) is 6. The zero-order chi connectivity index (χ0) is 25.0. The predicted molar refractivity (Wildman–Crippen MR) is 137 cm³/mol. The molecule has 0 bridgehead atoms. The molecule has 0 saturated heterocycles. The van der Waals surface area contributed by atoms with Gasteiger partial charge in [-0.1, -0.05) is 11.6 Å². The predicted octanol–water partition coefficient (Wildman–Crippen LogP) is 6.98. The van der Waals surface area contributed by atoms with Crippen molar-refractivity contribution in [1.29, 1.82) is 0 Å². The fourth-order valence-corrected chi connectivity index (χ4v) is 5.39. The third kappa shape index (κ3) is 4.93. The molecule has 2 amide bonds. The number of rotatable bonds is 0. The summed E-state index contributed by atoms with van der Waals surface area (Å²) in [4.78, 5) is 35.2. The monoisotopic (exact) mass is 503 g/mol. The number of fused-ring (bicyclic) bond motifs is 5. The summed E-state index contributed by atoms with van der Waals surface area (Å²) in [5.74, 6) is 0. The second kappa shape index (κ2) is 8.57. The maximum atomic E-state index is 13.4. The highest BCUT2D eigenvalue weighted by molar-refractivity contribution is 7.20. The minimum absolute atomic E-state index is 0.268. The zero-order valence-corrected chi connectivity index (χ0v) is 22.1. The van der Waals surface area contributed by atoms with E-state index in [2.05, 4.69) is 4.98 Å². The van der Waals surface area contributed by atoms with Crippen molar-refractivity contribution < 1.29 is 19.1 Å².